The average Bonchev–Trinajstić information content (AvgIpc) is 3.02. The molecule has 0 aromatic heterocycles. The third kappa shape index (κ3) is 19.2. The van der Waals surface area contributed by atoms with E-state index in [0.29, 0.717) is 31.6 Å². The van der Waals surface area contributed by atoms with Crippen LogP contribution in [0, 0.1) is 17.8 Å². The number of hydrogen-bond acceptors (Lipinski definition) is 7. The smallest absolute Gasteiger partial charge is 0.326 e. The Balaban J connectivity index is 3.12. The van der Waals surface area contributed by atoms with Crippen molar-refractivity contribution in [2.24, 2.45) is 28.5 Å². The molecule has 11 nitrogen and oxygen atoms in total. The van der Waals surface area contributed by atoms with Crippen LogP contribution in [0.3, 0.4) is 0 Å². The number of Topliss-reactive ketones (excluding diaryl/α,β-unsaturated/α-hetero) is 2. The minimum Gasteiger partial charge on any atom is -0.480 e. The highest BCUT2D eigenvalue weighted by Crippen LogP contribution is 2.20. The van der Waals surface area contributed by atoms with Crippen LogP contribution in [-0.2, 0) is 35.1 Å². The van der Waals surface area contributed by atoms with E-state index >= 15 is 0 Å². The van der Waals surface area contributed by atoms with Crippen LogP contribution >= 0.6 is 0 Å². The minimum absolute atomic E-state index is 0.0159. The second-order valence-electron chi connectivity index (χ2n) is 14.4. The van der Waals surface area contributed by atoms with Gasteiger partial charge < -0.3 is 26.2 Å². The van der Waals surface area contributed by atoms with E-state index in [1.54, 1.807) is 45.0 Å². The highest BCUT2D eigenvalue weighted by Gasteiger charge is 2.34. The molecule has 1 aromatic carbocycles. The zero-order valence-electron chi connectivity index (χ0n) is 30.9. The van der Waals surface area contributed by atoms with Gasteiger partial charge in [-0.05, 0) is 58.4 Å². The zero-order chi connectivity index (χ0) is 37.0. The summed E-state index contributed by atoms with van der Waals surface area (Å²) in [5, 5.41) is 15.4. The van der Waals surface area contributed by atoms with Crippen molar-refractivity contribution in [1.29, 1.82) is 0 Å². The van der Waals surface area contributed by atoms with Crippen LogP contribution in [0.25, 0.3) is 0 Å². The standard InChI is InChI=1S/C38H62N4O7/c1-8-9-10-11-15-20-31(43)23-29(19-16-21-40-27(4)39)35(45)42-34(26(2)3)33(44)24-30(25-49-38(5,6)7)36(46)41-32(37(47)48)22-28-17-13-12-14-18-28/h12-14,17-18,26,29-30,32,34H,8-11,15-16,19-25H2,1-7H3,(H2,39,40)(H,41,46)(H,42,45)(H,47,48)/t29-,30+,32+,34+/m1/s1. The fraction of sp³-hybridized carbons (Fsp3) is 0.684. The first kappa shape index (κ1) is 43.4. The van der Waals surface area contributed by atoms with E-state index in [-0.39, 0.29) is 49.3 Å². The second kappa shape index (κ2) is 22.9. The van der Waals surface area contributed by atoms with Crippen molar-refractivity contribution in [2.45, 2.75) is 137 Å². The molecule has 49 heavy (non-hydrogen) atoms. The highest BCUT2D eigenvalue weighted by atomic mass is 16.5. The van der Waals surface area contributed by atoms with E-state index in [4.69, 9.17) is 10.5 Å². The lowest BCUT2D eigenvalue weighted by atomic mass is 9.89. The lowest BCUT2D eigenvalue weighted by Gasteiger charge is -2.28. The maximum Gasteiger partial charge on any atom is 0.326 e. The van der Waals surface area contributed by atoms with Gasteiger partial charge in [0.2, 0.25) is 11.8 Å². The van der Waals surface area contributed by atoms with Gasteiger partial charge in [-0.3, -0.25) is 24.2 Å². The van der Waals surface area contributed by atoms with Gasteiger partial charge in [-0.25, -0.2) is 4.79 Å². The first-order valence-electron chi connectivity index (χ1n) is 17.9. The van der Waals surface area contributed by atoms with Crippen molar-refractivity contribution in [2.75, 3.05) is 13.2 Å². The molecule has 0 unspecified atom stereocenters. The van der Waals surface area contributed by atoms with E-state index in [1.807, 2.05) is 26.8 Å². The molecule has 1 aromatic rings. The van der Waals surface area contributed by atoms with Gasteiger partial charge in [0.15, 0.2) is 5.78 Å². The molecule has 0 aliphatic carbocycles. The third-order valence-corrected chi connectivity index (χ3v) is 8.22. The Kier molecular flexibility index (Phi) is 20.3. The third-order valence-electron chi connectivity index (χ3n) is 8.22. The van der Waals surface area contributed by atoms with Crippen molar-refractivity contribution in [3.63, 3.8) is 0 Å². The molecule has 1 rings (SSSR count). The van der Waals surface area contributed by atoms with Crippen LogP contribution < -0.4 is 16.4 Å². The van der Waals surface area contributed by atoms with Crippen molar-refractivity contribution in [3.8, 4) is 0 Å². The quantitative estimate of drug-likeness (QED) is 0.0598. The summed E-state index contributed by atoms with van der Waals surface area (Å²) >= 11 is 0. The number of aliphatic imine (C=N–C) groups is 1. The largest absolute Gasteiger partial charge is 0.480 e. The zero-order valence-corrected chi connectivity index (χ0v) is 30.9. The maximum absolute atomic E-state index is 13.8. The van der Waals surface area contributed by atoms with Gasteiger partial charge in [0.1, 0.15) is 11.8 Å². The van der Waals surface area contributed by atoms with Gasteiger partial charge in [0, 0.05) is 38.1 Å². The molecule has 0 bridgehead atoms. The van der Waals surface area contributed by atoms with E-state index in [9.17, 15) is 29.1 Å². The van der Waals surface area contributed by atoms with Crippen LogP contribution in [-0.4, -0.2) is 71.1 Å². The summed E-state index contributed by atoms with van der Waals surface area (Å²) in [5.41, 5.74) is 5.79. The van der Waals surface area contributed by atoms with E-state index in [2.05, 4.69) is 22.5 Å². The summed E-state index contributed by atoms with van der Waals surface area (Å²) < 4.78 is 5.90. The van der Waals surface area contributed by atoms with Crippen molar-refractivity contribution < 1.29 is 33.8 Å². The number of unbranched alkanes of at least 4 members (excludes halogenated alkanes) is 4. The number of hydrogen-bond donors (Lipinski definition) is 4. The Morgan fingerprint density at radius 2 is 1.53 bits per heavy atom. The molecule has 0 aliphatic heterocycles. The Morgan fingerprint density at radius 3 is 2.10 bits per heavy atom. The molecule has 0 fully saturated rings. The molecule has 0 aliphatic rings. The summed E-state index contributed by atoms with van der Waals surface area (Å²) in [5.74, 6) is -4.06. The number of carboxylic acids is 1. The maximum atomic E-state index is 13.8. The van der Waals surface area contributed by atoms with E-state index in [0.717, 1.165) is 37.7 Å². The lowest BCUT2D eigenvalue weighted by molar-refractivity contribution is -0.144. The van der Waals surface area contributed by atoms with Gasteiger partial charge in [0.05, 0.1) is 30.0 Å². The summed E-state index contributed by atoms with van der Waals surface area (Å²) in [6, 6.07) is 6.83. The van der Waals surface area contributed by atoms with Gasteiger partial charge in [-0.15, -0.1) is 0 Å². The molecule has 11 heteroatoms. The van der Waals surface area contributed by atoms with E-state index < -0.39 is 41.4 Å². The van der Waals surface area contributed by atoms with Crippen molar-refractivity contribution in [1.82, 2.24) is 10.6 Å². The lowest BCUT2D eigenvalue weighted by Crippen LogP contribution is -2.50. The highest BCUT2D eigenvalue weighted by molar-refractivity contribution is 5.95. The number of nitrogens with one attached hydrogen (secondary N) is 2. The van der Waals surface area contributed by atoms with Gasteiger partial charge in [-0.1, -0.05) is 76.8 Å². The molecular formula is C38H62N4O7. The fourth-order valence-corrected chi connectivity index (χ4v) is 5.40. The second-order valence-corrected chi connectivity index (χ2v) is 14.4. The number of nitrogens with two attached hydrogens (primary N) is 1. The summed E-state index contributed by atoms with van der Waals surface area (Å²) in [7, 11) is 0. The predicted molar refractivity (Wildman–Crippen MR) is 193 cm³/mol. The molecule has 0 saturated carbocycles. The number of rotatable bonds is 25. The van der Waals surface area contributed by atoms with Crippen molar-refractivity contribution in [3.05, 3.63) is 35.9 Å². The number of ether oxygens (including phenoxy) is 1. The molecule has 2 amide bonds. The Bertz CT molecular complexity index is 1210. The first-order chi connectivity index (χ1) is 23.0. The fourth-order valence-electron chi connectivity index (χ4n) is 5.40. The Hall–Kier alpha value is -3.60. The minimum atomic E-state index is -1.21. The monoisotopic (exact) mass is 686 g/mol. The summed E-state index contributed by atoms with van der Waals surface area (Å²) in [6.07, 6.45) is 6.32. The molecule has 0 saturated heterocycles. The topological polar surface area (TPSA) is 177 Å². The molecular weight excluding hydrogens is 624 g/mol. The number of nitrogens with zero attached hydrogens (tertiary/aromatic N) is 1. The molecule has 4 atom stereocenters. The van der Waals surface area contributed by atoms with Crippen LogP contribution in [0.1, 0.15) is 118 Å². The normalized spacial score (nSPS) is 14.5. The number of carbonyl (C=O) groups is 5. The molecule has 0 heterocycles. The van der Waals surface area contributed by atoms with Crippen LogP contribution in [0.15, 0.2) is 35.3 Å². The SMILES string of the molecule is CCCCCCCC(=O)C[C@@H](CCCN=C(C)N)C(=O)N[C@H](C(=O)C[C@@H](COC(C)(C)C)C(=O)N[C@@H](Cc1ccccc1)C(=O)O)C(C)C. The number of aliphatic carboxylic acids is 1. The van der Waals surface area contributed by atoms with Crippen LogP contribution in [0.4, 0.5) is 0 Å². The summed E-state index contributed by atoms with van der Waals surface area (Å²) in [6.45, 7) is 13.2. The van der Waals surface area contributed by atoms with Crippen LogP contribution in [0.5, 0.6) is 0 Å². The average molecular weight is 687 g/mol. The number of amides is 2. The van der Waals surface area contributed by atoms with Gasteiger partial charge in [0.25, 0.3) is 0 Å². The first-order valence-corrected chi connectivity index (χ1v) is 17.9. The van der Waals surface area contributed by atoms with E-state index in [1.165, 1.54) is 0 Å². The molecule has 5 N–H and O–H groups in total. The number of carboxylic acid groups (broad SMARTS) is 1. The number of ketones is 2. The number of amidine groups is 1. The Labute approximate surface area is 293 Å². The molecule has 0 radical (unpaired) electrons. The molecule has 276 valence electrons. The van der Waals surface area contributed by atoms with Gasteiger partial charge >= 0.3 is 5.97 Å². The predicted octanol–water partition coefficient (Wildman–Crippen LogP) is 5.42. The number of carbonyl (C=O) groups excluding carboxylic acids is 4. The van der Waals surface area contributed by atoms with Crippen molar-refractivity contribution >= 4 is 35.2 Å². The summed E-state index contributed by atoms with van der Waals surface area (Å²) in [4.78, 5) is 70.2. The number of benzene rings is 1. The van der Waals surface area contributed by atoms with Gasteiger partial charge in [-0.2, -0.15) is 0 Å². The Morgan fingerprint density at radius 1 is 0.898 bits per heavy atom. The molecule has 0 spiro atoms. The van der Waals surface area contributed by atoms with Crippen LogP contribution in [0.2, 0.25) is 0 Å².